The summed E-state index contributed by atoms with van der Waals surface area (Å²) in [5.74, 6) is -0.976. The van der Waals surface area contributed by atoms with Gasteiger partial charge in [0, 0.05) is 44.8 Å². The highest BCUT2D eigenvalue weighted by atomic mass is 16.5. The van der Waals surface area contributed by atoms with Crippen LogP contribution in [0, 0.1) is 0 Å². The normalized spacial score (nSPS) is 19.5. The Morgan fingerprint density at radius 3 is 2.81 bits per heavy atom. The van der Waals surface area contributed by atoms with E-state index < -0.39 is 5.97 Å². The molecule has 1 N–H and O–H groups in total. The number of likely N-dealkylation sites (tertiary alicyclic amines) is 1. The second kappa shape index (κ2) is 8.99. The fraction of sp³-hybridized carbons (Fsp3) is 0.550. The van der Waals surface area contributed by atoms with Gasteiger partial charge in [-0.2, -0.15) is 0 Å². The molecule has 2 saturated heterocycles. The van der Waals surface area contributed by atoms with Gasteiger partial charge in [0.05, 0.1) is 12.5 Å². The lowest BCUT2D eigenvalue weighted by molar-refractivity contribution is -0.137. The van der Waals surface area contributed by atoms with Crippen LogP contribution in [-0.4, -0.2) is 65.0 Å². The van der Waals surface area contributed by atoms with Crippen molar-refractivity contribution in [3.05, 3.63) is 35.4 Å². The smallest absolute Gasteiger partial charge is 0.305 e. The number of ether oxygens (including phenoxy) is 1. The molecule has 0 aliphatic carbocycles. The van der Waals surface area contributed by atoms with Crippen molar-refractivity contribution in [2.24, 2.45) is 0 Å². The molecular formula is C20H26N2O5. The molecule has 1 unspecified atom stereocenters. The van der Waals surface area contributed by atoms with Gasteiger partial charge in [-0.3, -0.25) is 14.4 Å². The van der Waals surface area contributed by atoms with Gasteiger partial charge in [-0.15, -0.1) is 0 Å². The molecule has 1 aromatic rings. The van der Waals surface area contributed by atoms with E-state index in [2.05, 4.69) is 0 Å². The summed E-state index contributed by atoms with van der Waals surface area (Å²) in [6, 6.07) is 7.26. The van der Waals surface area contributed by atoms with Gasteiger partial charge in [-0.25, -0.2) is 0 Å². The number of carbonyl (C=O) groups excluding carboxylic acids is 2. The summed E-state index contributed by atoms with van der Waals surface area (Å²) in [6.07, 6.45) is 3.18. The number of hydrogen-bond donors (Lipinski definition) is 1. The van der Waals surface area contributed by atoms with Crippen molar-refractivity contribution < 1.29 is 24.2 Å². The van der Waals surface area contributed by atoms with Crippen molar-refractivity contribution in [1.82, 2.24) is 9.80 Å². The number of nitrogens with zero attached hydrogens (tertiary/aromatic N) is 2. The maximum atomic E-state index is 13.0. The standard InChI is InChI=1S/C20H26N2O5/c23-18-7-2-9-21(18)13-15-4-1-5-16(12-15)20(26)22(10-8-19(24)25)14-17-6-3-11-27-17/h1,4-5,12,17H,2-3,6-11,13-14H2,(H,24,25). The SMILES string of the molecule is O=C(O)CCN(CC1CCCO1)C(=O)c1cccc(CN2CCCC2=O)c1. The van der Waals surface area contributed by atoms with Crippen LogP contribution in [0.4, 0.5) is 0 Å². The first kappa shape index (κ1) is 19.4. The molecular weight excluding hydrogens is 348 g/mol. The van der Waals surface area contributed by atoms with Crippen LogP contribution in [0.3, 0.4) is 0 Å². The molecule has 0 spiro atoms. The third-order valence-electron chi connectivity index (χ3n) is 5.05. The Hall–Kier alpha value is -2.41. The third kappa shape index (κ3) is 5.29. The van der Waals surface area contributed by atoms with Crippen LogP contribution in [0.2, 0.25) is 0 Å². The van der Waals surface area contributed by atoms with Crippen LogP contribution in [0.1, 0.15) is 48.0 Å². The summed E-state index contributed by atoms with van der Waals surface area (Å²) in [5.41, 5.74) is 1.42. The Labute approximate surface area is 158 Å². The van der Waals surface area contributed by atoms with Gasteiger partial charge in [0.2, 0.25) is 5.91 Å². The first-order valence-corrected chi connectivity index (χ1v) is 9.52. The fourth-order valence-corrected chi connectivity index (χ4v) is 3.62. The van der Waals surface area contributed by atoms with Crippen molar-refractivity contribution in [1.29, 1.82) is 0 Å². The first-order valence-electron chi connectivity index (χ1n) is 9.52. The molecule has 146 valence electrons. The predicted octanol–water partition coefficient (Wildman–Crippen LogP) is 1.90. The molecule has 1 atom stereocenters. The van der Waals surface area contributed by atoms with Crippen molar-refractivity contribution in [2.45, 2.75) is 44.8 Å². The van der Waals surface area contributed by atoms with Crippen molar-refractivity contribution >= 4 is 17.8 Å². The van der Waals surface area contributed by atoms with Gasteiger partial charge in [0.25, 0.3) is 5.91 Å². The molecule has 7 nitrogen and oxygen atoms in total. The van der Waals surface area contributed by atoms with Crippen LogP contribution < -0.4 is 0 Å². The van der Waals surface area contributed by atoms with Crippen LogP contribution in [0.15, 0.2) is 24.3 Å². The zero-order valence-corrected chi connectivity index (χ0v) is 15.4. The van der Waals surface area contributed by atoms with E-state index in [4.69, 9.17) is 9.84 Å². The number of aliphatic carboxylic acids is 1. The maximum Gasteiger partial charge on any atom is 0.305 e. The van der Waals surface area contributed by atoms with E-state index in [9.17, 15) is 14.4 Å². The van der Waals surface area contributed by atoms with Crippen LogP contribution in [0.25, 0.3) is 0 Å². The van der Waals surface area contributed by atoms with Crippen molar-refractivity contribution in [2.75, 3.05) is 26.2 Å². The molecule has 0 bridgehead atoms. The molecule has 3 rings (SSSR count). The third-order valence-corrected chi connectivity index (χ3v) is 5.05. The predicted molar refractivity (Wildman–Crippen MR) is 98.2 cm³/mol. The Kier molecular flexibility index (Phi) is 6.45. The summed E-state index contributed by atoms with van der Waals surface area (Å²) in [6.45, 7) is 2.50. The van der Waals surface area contributed by atoms with Crippen molar-refractivity contribution in [3.8, 4) is 0 Å². The van der Waals surface area contributed by atoms with E-state index in [1.54, 1.807) is 21.9 Å². The molecule has 27 heavy (non-hydrogen) atoms. The summed E-state index contributed by atoms with van der Waals surface area (Å²) in [5, 5.41) is 9.00. The molecule has 0 aromatic heterocycles. The van der Waals surface area contributed by atoms with Gasteiger partial charge < -0.3 is 19.6 Å². The fourth-order valence-electron chi connectivity index (χ4n) is 3.62. The van der Waals surface area contributed by atoms with E-state index in [-0.39, 0.29) is 30.9 Å². The van der Waals surface area contributed by atoms with Crippen LogP contribution in [-0.2, 0) is 20.9 Å². The number of hydrogen-bond acceptors (Lipinski definition) is 4. The maximum absolute atomic E-state index is 13.0. The zero-order valence-electron chi connectivity index (χ0n) is 15.4. The van der Waals surface area contributed by atoms with Crippen LogP contribution in [0.5, 0.6) is 0 Å². The largest absolute Gasteiger partial charge is 0.481 e. The van der Waals surface area contributed by atoms with Crippen molar-refractivity contribution in [3.63, 3.8) is 0 Å². The molecule has 2 heterocycles. The number of amides is 2. The van der Waals surface area contributed by atoms with Gasteiger partial charge in [0.15, 0.2) is 0 Å². The monoisotopic (exact) mass is 374 g/mol. The highest BCUT2D eigenvalue weighted by Crippen LogP contribution is 2.18. The number of rotatable bonds is 8. The minimum absolute atomic E-state index is 0.0341. The summed E-state index contributed by atoms with van der Waals surface area (Å²) in [4.78, 5) is 39.2. The highest BCUT2D eigenvalue weighted by molar-refractivity contribution is 5.94. The van der Waals surface area contributed by atoms with Gasteiger partial charge in [-0.05, 0) is 37.0 Å². The second-order valence-corrected chi connectivity index (χ2v) is 7.15. The van der Waals surface area contributed by atoms with E-state index in [0.717, 1.165) is 31.4 Å². The topological polar surface area (TPSA) is 87.2 Å². The summed E-state index contributed by atoms with van der Waals surface area (Å²) < 4.78 is 5.62. The highest BCUT2D eigenvalue weighted by Gasteiger charge is 2.25. The Balaban J connectivity index is 1.70. The molecule has 2 aliphatic rings. The summed E-state index contributed by atoms with van der Waals surface area (Å²) in [7, 11) is 0. The Morgan fingerprint density at radius 1 is 1.30 bits per heavy atom. The second-order valence-electron chi connectivity index (χ2n) is 7.15. The lowest BCUT2D eigenvalue weighted by atomic mass is 10.1. The molecule has 0 radical (unpaired) electrons. The lowest BCUT2D eigenvalue weighted by Crippen LogP contribution is -2.38. The van der Waals surface area contributed by atoms with Gasteiger partial charge >= 0.3 is 5.97 Å². The molecule has 7 heteroatoms. The lowest BCUT2D eigenvalue weighted by Gasteiger charge is -2.25. The van der Waals surface area contributed by atoms with E-state index in [1.807, 2.05) is 12.1 Å². The first-order chi connectivity index (χ1) is 13.0. The Morgan fingerprint density at radius 2 is 2.15 bits per heavy atom. The molecule has 0 saturated carbocycles. The van der Waals surface area contributed by atoms with Gasteiger partial charge in [-0.1, -0.05) is 12.1 Å². The molecule has 2 amide bonds. The minimum atomic E-state index is -0.929. The zero-order chi connectivity index (χ0) is 19.2. The van der Waals surface area contributed by atoms with E-state index in [0.29, 0.717) is 31.7 Å². The summed E-state index contributed by atoms with van der Waals surface area (Å²) >= 11 is 0. The Bertz CT molecular complexity index is 699. The number of benzene rings is 1. The number of carboxylic acid groups (broad SMARTS) is 1. The quantitative estimate of drug-likeness (QED) is 0.751. The number of carboxylic acids is 1. The van der Waals surface area contributed by atoms with Crippen LogP contribution >= 0.6 is 0 Å². The molecule has 2 fully saturated rings. The average Bonchev–Trinajstić information content (AvgIpc) is 3.30. The van der Waals surface area contributed by atoms with E-state index in [1.165, 1.54) is 0 Å². The average molecular weight is 374 g/mol. The number of carbonyl (C=O) groups is 3. The molecule has 1 aromatic carbocycles. The minimum Gasteiger partial charge on any atom is -0.481 e. The molecule has 2 aliphatic heterocycles. The van der Waals surface area contributed by atoms with E-state index >= 15 is 0 Å². The van der Waals surface area contributed by atoms with Gasteiger partial charge in [0.1, 0.15) is 0 Å².